The van der Waals surface area contributed by atoms with E-state index >= 15 is 0 Å². The van der Waals surface area contributed by atoms with Crippen LogP contribution in [0.3, 0.4) is 0 Å². The zero-order valence-electron chi connectivity index (χ0n) is 8.86. The Morgan fingerprint density at radius 2 is 2.00 bits per heavy atom. The van der Waals surface area contributed by atoms with Crippen LogP contribution in [0.5, 0.6) is 11.5 Å². The second kappa shape index (κ2) is 3.99. The fourth-order valence-corrected chi connectivity index (χ4v) is 1.96. The Balaban J connectivity index is 0.00000108. The molecule has 2 N–H and O–H groups in total. The van der Waals surface area contributed by atoms with Crippen LogP contribution in [0, 0.1) is 5.92 Å². The molecule has 0 radical (unpaired) electrons. The highest BCUT2D eigenvalue weighted by atomic mass is 35.5. The first-order chi connectivity index (χ1) is 7.57. The molecular formula is C11H12ClF2NO2. The first-order valence-corrected chi connectivity index (χ1v) is 5.21. The van der Waals surface area contributed by atoms with Crippen molar-refractivity contribution in [2.24, 2.45) is 11.7 Å². The summed E-state index contributed by atoms with van der Waals surface area (Å²) in [6, 6.07) is 4.58. The summed E-state index contributed by atoms with van der Waals surface area (Å²) in [4.78, 5) is 0. The van der Waals surface area contributed by atoms with Gasteiger partial charge in [0.25, 0.3) is 0 Å². The highest BCUT2D eigenvalue weighted by molar-refractivity contribution is 5.85. The van der Waals surface area contributed by atoms with E-state index in [9.17, 15) is 8.78 Å². The zero-order valence-corrected chi connectivity index (χ0v) is 9.68. The Labute approximate surface area is 103 Å². The minimum absolute atomic E-state index is 0. The topological polar surface area (TPSA) is 44.5 Å². The maximum absolute atomic E-state index is 12.9. The number of rotatable bonds is 2. The lowest BCUT2D eigenvalue weighted by molar-refractivity contribution is -0.287. The summed E-state index contributed by atoms with van der Waals surface area (Å²) in [6.45, 7) is 0. The predicted molar refractivity (Wildman–Crippen MR) is 59.5 cm³/mol. The van der Waals surface area contributed by atoms with Gasteiger partial charge in [-0.05, 0) is 24.8 Å². The van der Waals surface area contributed by atoms with Crippen LogP contribution in [-0.4, -0.2) is 6.29 Å². The number of benzene rings is 1. The van der Waals surface area contributed by atoms with E-state index in [2.05, 4.69) is 9.47 Å². The lowest BCUT2D eigenvalue weighted by atomic mass is 10.0. The van der Waals surface area contributed by atoms with Crippen molar-refractivity contribution in [1.29, 1.82) is 0 Å². The number of alkyl halides is 2. The number of hydrogen-bond donors (Lipinski definition) is 1. The van der Waals surface area contributed by atoms with Gasteiger partial charge in [-0.15, -0.1) is 21.2 Å². The van der Waals surface area contributed by atoms with E-state index in [-0.39, 0.29) is 29.9 Å². The smallest absolute Gasteiger partial charge is 0.395 e. The summed E-state index contributed by atoms with van der Waals surface area (Å²) in [7, 11) is 0. The van der Waals surface area contributed by atoms with Gasteiger partial charge in [0, 0.05) is 11.6 Å². The van der Waals surface area contributed by atoms with Gasteiger partial charge in [0.2, 0.25) is 0 Å². The molecule has 94 valence electrons. The zero-order chi connectivity index (χ0) is 11.3. The van der Waals surface area contributed by atoms with Crippen LogP contribution in [0.25, 0.3) is 0 Å². The van der Waals surface area contributed by atoms with Gasteiger partial charge in [-0.25, -0.2) is 0 Å². The highest BCUT2D eigenvalue weighted by Gasteiger charge is 2.45. The first kappa shape index (κ1) is 12.4. The van der Waals surface area contributed by atoms with Gasteiger partial charge in [0.05, 0.1) is 0 Å². The van der Waals surface area contributed by atoms with Crippen molar-refractivity contribution in [3.8, 4) is 11.5 Å². The molecule has 1 aliphatic heterocycles. The van der Waals surface area contributed by atoms with Crippen molar-refractivity contribution in [3.05, 3.63) is 23.8 Å². The molecule has 3 rings (SSSR count). The fraction of sp³-hybridized carbons (Fsp3) is 0.455. The van der Waals surface area contributed by atoms with Crippen LogP contribution in [-0.2, 0) is 0 Å². The van der Waals surface area contributed by atoms with E-state index in [1.165, 1.54) is 6.07 Å². The number of nitrogens with two attached hydrogens (primary N) is 1. The summed E-state index contributed by atoms with van der Waals surface area (Å²) in [5.74, 6) is 0.537. The molecule has 1 aromatic carbocycles. The molecular weight excluding hydrogens is 252 g/mol. The number of para-hydroxylation sites is 1. The predicted octanol–water partition coefficient (Wildman–Crippen LogP) is 2.84. The molecule has 1 aromatic rings. The van der Waals surface area contributed by atoms with Crippen LogP contribution >= 0.6 is 12.4 Å². The SMILES string of the molecule is Cl.N[C@H](c1cccc2c1OC(F)(F)O2)C1CC1. The van der Waals surface area contributed by atoms with Gasteiger partial charge in [-0.2, -0.15) is 0 Å². The molecule has 1 heterocycles. The third-order valence-corrected chi connectivity index (χ3v) is 2.95. The molecule has 0 bridgehead atoms. The van der Waals surface area contributed by atoms with Gasteiger partial charge in [0.15, 0.2) is 11.5 Å². The van der Waals surface area contributed by atoms with Crippen molar-refractivity contribution in [2.45, 2.75) is 25.2 Å². The summed E-state index contributed by atoms with van der Waals surface area (Å²) < 4.78 is 34.7. The van der Waals surface area contributed by atoms with E-state index < -0.39 is 6.29 Å². The van der Waals surface area contributed by atoms with Crippen molar-refractivity contribution in [2.75, 3.05) is 0 Å². The van der Waals surface area contributed by atoms with Gasteiger partial charge in [0.1, 0.15) is 0 Å². The van der Waals surface area contributed by atoms with Crippen LogP contribution in [0.4, 0.5) is 8.78 Å². The fourth-order valence-electron chi connectivity index (χ4n) is 1.96. The second-order valence-electron chi connectivity index (χ2n) is 4.21. The van der Waals surface area contributed by atoms with E-state index in [0.29, 0.717) is 11.5 Å². The molecule has 1 fully saturated rings. The molecule has 1 aliphatic carbocycles. The second-order valence-corrected chi connectivity index (χ2v) is 4.21. The van der Waals surface area contributed by atoms with Crippen LogP contribution in [0.2, 0.25) is 0 Å². The maximum atomic E-state index is 12.9. The average Bonchev–Trinajstić information content (AvgIpc) is 2.98. The van der Waals surface area contributed by atoms with Crippen molar-refractivity contribution < 1.29 is 18.3 Å². The Morgan fingerprint density at radius 1 is 1.29 bits per heavy atom. The van der Waals surface area contributed by atoms with Crippen molar-refractivity contribution >= 4 is 12.4 Å². The van der Waals surface area contributed by atoms with Crippen LogP contribution in [0.15, 0.2) is 18.2 Å². The third-order valence-electron chi connectivity index (χ3n) is 2.95. The Hall–Kier alpha value is -1.07. The summed E-state index contributed by atoms with van der Waals surface area (Å²) in [6.07, 6.45) is -1.48. The molecule has 1 saturated carbocycles. The Morgan fingerprint density at radius 3 is 2.65 bits per heavy atom. The van der Waals surface area contributed by atoms with Gasteiger partial charge < -0.3 is 15.2 Å². The van der Waals surface area contributed by atoms with Crippen molar-refractivity contribution in [1.82, 2.24) is 0 Å². The number of fused-ring (bicyclic) bond motifs is 1. The summed E-state index contributed by atoms with van der Waals surface area (Å²) >= 11 is 0. The molecule has 0 amide bonds. The number of hydrogen-bond acceptors (Lipinski definition) is 3. The molecule has 0 aromatic heterocycles. The van der Waals surface area contributed by atoms with E-state index in [1.807, 2.05) is 0 Å². The van der Waals surface area contributed by atoms with E-state index in [1.54, 1.807) is 12.1 Å². The van der Waals surface area contributed by atoms with E-state index in [0.717, 1.165) is 12.8 Å². The van der Waals surface area contributed by atoms with Crippen LogP contribution in [0.1, 0.15) is 24.4 Å². The highest BCUT2D eigenvalue weighted by Crippen LogP contribution is 2.49. The number of halogens is 3. The lowest BCUT2D eigenvalue weighted by Gasteiger charge is -2.13. The molecule has 1 atom stereocenters. The third kappa shape index (κ3) is 2.17. The first-order valence-electron chi connectivity index (χ1n) is 5.21. The molecule has 17 heavy (non-hydrogen) atoms. The van der Waals surface area contributed by atoms with Gasteiger partial charge >= 0.3 is 6.29 Å². The standard InChI is InChI=1S/C11H11F2NO2.ClH/c12-11(13)15-8-3-1-2-7(10(8)16-11)9(14)6-4-5-6;/h1-3,6,9H,4-5,14H2;1H/t9-;/m0./s1. The lowest BCUT2D eigenvalue weighted by Crippen LogP contribution is -2.26. The van der Waals surface area contributed by atoms with Crippen LogP contribution < -0.4 is 15.2 Å². The summed E-state index contributed by atoms with van der Waals surface area (Å²) in [5, 5.41) is 0. The summed E-state index contributed by atoms with van der Waals surface area (Å²) in [5.41, 5.74) is 6.59. The Kier molecular flexibility index (Phi) is 2.91. The molecule has 3 nitrogen and oxygen atoms in total. The molecule has 6 heteroatoms. The normalized spacial score (nSPS) is 21.8. The van der Waals surface area contributed by atoms with Crippen molar-refractivity contribution in [3.63, 3.8) is 0 Å². The average molecular weight is 264 g/mol. The van der Waals surface area contributed by atoms with Gasteiger partial charge in [-0.3, -0.25) is 0 Å². The monoisotopic (exact) mass is 263 g/mol. The van der Waals surface area contributed by atoms with Gasteiger partial charge in [-0.1, -0.05) is 12.1 Å². The molecule has 0 unspecified atom stereocenters. The molecule has 0 saturated heterocycles. The largest absolute Gasteiger partial charge is 0.586 e. The minimum Gasteiger partial charge on any atom is -0.395 e. The quantitative estimate of drug-likeness (QED) is 0.892. The Bertz CT molecular complexity index is 437. The minimum atomic E-state index is -3.57. The van der Waals surface area contributed by atoms with E-state index in [4.69, 9.17) is 5.73 Å². The molecule has 2 aliphatic rings. The number of ether oxygens (including phenoxy) is 2. The maximum Gasteiger partial charge on any atom is 0.586 e. The molecule has 0 spiro atoms.